The van der Waals surface area contributed by atoms with Crippen molar-refractivity contribution in [3.05, 3.63) is 78.0 Å². The van der Waals surface area contributed by atoms with Gasteiger partial charge in [0.25, 0.3) is 11.8 Å². The van der Waals surface area contributed by atoms with Crippen LogP contribution in [0.1, 0.15) is 20.8 Å². The van der Waals surface area contributed by atoms with Gasteiger partial charge >= 0.3 is 0 Å². The molecular formula is C24H23N9O2. The molecule has 0 saturated carbocycles. The Bertz CT molecular complexity index is 1480. The summed E-state index contributed by atoms with van der Waals surface area (Å²) in [6.45, 7) is 0.459. The van der Waals surface area contributed by atoms with Crippen LogP contribution in [-0.4, -0.2) is 66.7 Å². The number of hydrogen-bond acceptors (Lipinski definition) is 7. The van der Waals surface area contributed by atoms with Gasteiger partial charge in [-0.05, 0) is 6.07 Å². The number of carbonyl (C=O) groups excluding carboxylic acids is 2. The van der Waals surface area contributed by atoms with Gasteiger partial charge in [0, 0.05) is 50.4 Å². The van der Waals surface area contributed by atoms with Crippen LogP contribution in [0.5, 0.6) is 0 Å². The molecule has 1 aromatic carbocycles. The molecule has 4 heterocycles. The highest BCUT2D eigenvalue weighted by molar-refractivity contribution is 6.13. The molecule has 1 aliphatic heterocycles. The first-order valence-corrected chi connectivity index (χ1v) is 10.9. The Morgan fingerprint density at radius 2 is 1.91 bits per heavy atom. The summed E-state index contributed by atoms with van der Waals surface area (Å²) in [5.41, 5.74) is 3.09. The molecule has 5 rings (SSSR count). The van der Waals surface area contributed by atoms with Crippen LogP contribution in [0.4, 0.5) is 5.82 Å². The van der Waals surface area contributed by atoms with E-state index in [1.54, 1.807) is 37.0 Å². The molecule has 4 aromatic rings. The van der Waals surface area contributed by atoms with Crippen molar-refractivity contribution in [3.63, 3.8) is 0 Å². The Hall–Kier alpha value is -4.80. The Labute approximate surface area is 200 Å². The number of likely N-dealkylation sites (tertiary alicyclic amines) is 1. The van der Waals surface area contributed by atoms with Crippen molar-refractivity contribution in [2.45, 2.75) is 0 Å². The summed E-state index contributed by atoms with van der Waals surface area (Å²) in [7, 11) is 3.34. The normalized spacial score (nSPS) is 14.6. The first-order valence-electron chi connectivity index (χ1n) is 10.9. The molecule has 11 nitrogen and oxygen atoms in total. The van der Waals surface area contributed by atoms with Crippen molar-refractivity contribution in [1.82, 2.24) is 34.4 Å². The van der Waals surface area contributed by atoms with Crippen molar-refractivity contribution in [3.8, 4) is 11.3 Å². The summed E-state index contributed by atoms with van der Waals surface area (Å²) >= 11 is 0. The molecule has 0 unspecified atom stereocenters. The van der Waals surface area contributed by atoms with E-state index >= 15 is 0 Å². The molecule has 1 saturated heterocycles. The van der Waals surface area contributed by atoms with Crippen LogP contribution >= 0.6 is 0 Å². The summed E-state index contributed by atoms with van der Waals surface area (Å²) in [5, 5.41) is 17.9. The maximum Gasteiger partial charge on any atom is 0.275 e. The van der Waals surface area contributed by atoms with Crippen LogP contribution in [0.25, 0.3) is 17.0 Å². The van der Waals surface area contributed by atoms with E-state index in [4.69, 9.17) is 5.41 Å². The van der Waals surface area contributed by atoms with Gasteiger partial charge < -0.3 is 20.9 Å². The Kier molecular flexibility index (Phi) is 5.57. The fourth-order valence-corrected chi connectivity index (χ4v) is 4.00. The Morgan fingerprint density at radius 3 is 2.69 bits per heavy atom. The summed E-state index contributed by atoms with van der Waals surface area (Å²) in [6, 6.07) is 11.4. The quantitative estimate of drug-likeness (QED) is 0.409. The highest BCUT2D eigenvalue weighted by Gasteiger charge is 2.31. The van der Waals surface area contributed by atoms with E-state index in [9.17, 15) is 9.59 Å². The van der Waals surface area contributed by atoms with Crippen molar-refractivity contribution >= 4 is 29.1 Å². The van der Waals surface area contributed by atoms with Crippen LogP contribution in [0.2, 0.25) is 0 Å². The second-order valence-corrected chi connectivity index (χ2v) is 8.09. The number of aromatic nitrogens is 5. The number of nitrogens with one attached hydrogen (secondary N) is 3. The molecule has 3 N–H and O–H groups in total. The molecule has 35 heavy (non-hydrogen) atoms. The minimum Gasteiger partial charge on any atom is -0.394 e. The van der Waals surface area contributed by atoms with E-state index < -0.39 is 5.91 Å². The summed E-state index contributed by atoms with van der Waals surface area (Å²) in [6.07, 6.45) is 6.70. The van der Waals surface area contributed by atoms with Gasteiger partial charge in [-0.15, -0.1) is 0 Å². The maximum atomic E-state index is 13.2. The number of anilines is 1. The summed E-state index contributed by atoms with van der Waals surface area (Å²) in [5.74, 6) is -0.145. The van der Waals surface area contributed by atoms with Crippen molar-refractivity contribution in [2.24, 2.45) is 7.05 Å². The molecule has 176 valence electrons. The molecule has 1 aliphatic rings. The van der Waals surface area contributed by atoms with E-state index in [-0.39, 0.29) is 30.3 Å². The van der Waals surface area contributed by atoms with Gasteiger partial charge in [0.05, 0.1) is 29.7 Å². The number of fused-ring (bicyclic) bond motifs is 1. The lowest BCUT2D eigenvalue weighted by Gasteiger charge is -2.14. The standard InChI is InChI=1S/C24H23N9O2/c1-26-10-16-12-33(13-18(16)25)23(35)17-11-27-31(2)21(17)22(34)29-20-8-9-32-14-19(28-24(32)30-20)15-6-4-3-5-7-15/h3-11,14,25-26H,12-13H2,1-2H3,(H,28,29,30,34)/b16-10-,25-18?. The number of hydrogen-bond donors (Lipinski definition) is 3. The van der Waals surface area contributed by atoms with Crippen LogP contribution in [0, 0.1) is 5.41 Å². The first-order chi connectivity index (χ1) is 16.9. The van der Waals surface area contributed by atoms with E-state index in [0.29, 0.717) is 17.3 Å². The summed E-state index contributed by atoms with van der Waals surface area (Å²) in [4.78, 5) is 36.8. The van der Waals surface area contributed by atoms with Gasteiger partial charge in [0.2, 0.25) is 5.78 Å². The predicted molar refractivity (Wildman–Crippen MR) is 130 cm³/mol. The molecule has 0 spiro atoms. The third kappa shape index (κ3) is 4.14. The van der Waals surface area contributed by atoms with Gasteiger partial charge in [-0.3, -0.25) is 18.7 Å². The Morgan fingerprint density at radius 1 is 1.11 bits per heavy atom. The monoisotopic (exact) mass is 469 g/mol. The number of aryl methyl sites for hydroxylation is 1. The lowest BCUT2D eigenvalue weighted by atomic mass is 10.2. The molecule has 0 aliphatic carbocycles. The van der Waals surface area contributed by atoms with Crippen LogP contribution in [0.3, 0.4) is 0 Å². The third-order valence-electron chi connectivity index (χ3n) is 5.73. The average Bonchev–Trinajstić information content (AvgIpc) is 3.56. The molecule has 0 radical (unpaired) electrons. The molecule has 1 fully saturated rings. The zero-order chi connectivity index (χ0) is 24.5. The van der Waals surface area contributed by atoms with Gasteiger partial charge in [-0.25, -0.2) is 4.98 Å². The minimum absolute atomic E-state index is 0.113. The molecular weight excluding hydrogens is 446 g/mol. The molecule has 0 bridgehead atoms. The first kappa shape index (κ1) is 22.0. The van der Waals surface area contributed by atoms with Gasteiger partial charge in [-0.1, -0.05) is 30.3 Å². The lowest BCUT2D eigenvalue weighted by molar-refractivity contribution is 0.0798. The fraction of sp³-hybridized carbons (Fsp3) is 0.167. The van der Waals surface area contributed by atoms with E-state index in [1.807, 2.05) is 36.5 Å². The second kappa shape index (κ2) is 8.86. The predicted octanol–water partition coefficient (Wildman–Crippen LogP) is 1.96. The number of amides is 2. The molecule has 0 atom stereocenters. The Balaban J connectivity index is 1.38. The highest BCUT2D eigenvalue weighted by Crippen LogP contribution is 2.20. The van der Waals surface area contributed by atoms with E-state index in [2.05, 4.69) is 25.7 Å². The molecule has 11 heteroatoms. The van der Waals surface area contributed by atoms with Gasteiger partial charge in [0.15, 0.2) is 0 Å². The SMILES string of the molecule is CN/C=C1/CN(C(=O)c2cnn(C)c2C(=O)Nc2ccn3cc(-c4ccccc4)nc3n2)CC1=N. The zero-order valence-electron chi connectivity index (χ0n) is 19.2. The van der Waals surface area contributed by atoms with Crippen LogP contribution in [-0.2, 0) is 7.05 Å². The number of benzene rings is 1. The van der Waals surface area contributed by atoms with Gasteiger partial charge in [-0.2, -0.15) is 10.1 Å². The molecule has 3 aromatic heterocycles. The maximum absolute atomic E-state index is 13.2. The number of imidazole rings is 1. The highest BCUT2D eigenvalue weighted by atomic mass is 16.2. The largest absolute Gasteiger partial charge is 0.394 e. The topological polar surface area (TPSA) is 133 Å². The third-order valence-corrected chi connectivity index (χ3v) is 5.73. The van der Waals surface area contributed by atoms with Crippen molar-refractivity contribution in [1.29, 1.82) is 5.41 Å². The van der Waals surface area contributed by atoms with Crippen molar-refractivity contribution < 1.29 is 9.59 Å². The molecule has 2 amide bonds. The van der Waals surface area contributed by atoms with Crippen LogP contribution < -0.4 is 10.6 Å². The van der Waals surface area contributed by atoms with Crippen LogP contribution in [0.15, 0.2) is 66.8 Å². The lowest BCUT2D eigenvalue weighted by Crippen LogP contribution is -2.31. The van der Waals surface area contributed by atoms with Crippen molar-refractivity contribution in [2.75, 3.05) is 25.5 Å². The number of rotatable bonds is 5. The minimum atomic E-state index is -0.514. The number of carbonyl (C=O) groups is 2. The number of nitrogens with zero attached hydrogens (tertiary/aromatic N) is 6. The van der Waals surface area contributed by atoms with Gasteiger partial charge in [0.1, 0.15) is 11.5 Å². The van der Waals surface area contributed by atoms with E-state index in [0.717, 1.165) is 16.8 Å². The van der Waals surface area contributed by atoms with E-state index in [1.165, 1.54) is 15.8 Å². The second-order valence-electron chi connectivity index (χ2n) is 8.09. The fourth-order valence-electron chi connectivity index (χ4n) is 4.00. The zero-order valence-corrected chi connectivity index (χ0v) is 19.2. The average molecular weight is 470 g/mol. The summed E-state index contributed by atoms with van der Waals surface area (Å²) < 4.78 is 3.13. The smallest absolute Gasteiger partial charge is 0.275 e.